The Morgan fingerprint density at radius 2 is 2.13 bits per heavy atom. The Balaban J connectivity index is 2.48. The molecule has 0 saturated carbocycles. The number of nitrogens with zero attached hydrogens (tertiary/aromatic N) is 1. The number of rotatable bonds is 1. The van der Waals surface area contributed by atoms with Crippen molar-refractivity contribution in [1.82, 2.24) is 0 Å². The summed E-state index contributed by atoms with van der Waals surface area (Å²) in [5.74, 6) is 0.155. The summed E-state index contributed by atoms with van der Waals surface area (Å²) < 4.78 is 19.0. The molecule has 1 aliphatic heterocycles. The van der Waals surface area contributed by atoms with Gasteiger partial charge in [-0.2, -0.15) is 0 Å². The van der Waals surface area contributed by atoms with Gasteiger partial charge in [-0.05, 0) is 32.4 Å². The molecule has 0 bridgehead atoms. The first-order valence-electron chi connectivity index (χ1n) is 4.98. The molecule has 0 aromatic heterocycles. The van der Waals surface area contributed by atoms with Gasteiger partial charge in [-0.25, -0.2) is 9.38 Å². The Bertz CT molecular complexity index is 403. The summed E-state index contributed by atoms with van der Waals surface area (Å²) in [4.78, 5) is 4.37. The molecule has 1 heterocycles. The first-order valence-corrected chi connectivity index (χ1v) is 4.98. The molecule has 0 saturated heterocycles. The zero-order valence-corrected chi connectivity index (χ0v) is 9.17. The van der Waals surface area contributed by atoms with Crippen molar-refractivity contribution in [3.05, 3.63) is 35.1 Å². The number of halogens is 1. The fraction of sp³-hybridized carbons (Fsp3) is 0.417. The van der Waals surface area contributed by atoms with E-state index in [1.165, 1.54) is 6.07 Å². The zero-order valence-electron chi connectivity index (χ0n) is 9.17. The van der Waals surface area contributed by atoms with Crippen LogP contribution in [0.15, 0.2) is 23.2 Å². The summed E-state index contributed by atoms with van der Waals surface area (Å²) in [7, 11) is 0. The predicted molar refractivity (Wildman–Crippen MR) is 57.7 cm³/mol. The van der Waals surface area contributed by atoms with E-state index in [1.54, 1.807) is 6.07 Å². The second-order valence-electron chi connectivity index (χ2n) is 4.45. The number of hydrogen-bond donors (Lipinski definition) is 0. The van der Waals surface area contributed by atoms with E-state index in [0.717, 1.165) is 5.56 Å². The number of hydrogen-bond acceptors (Lipinski definition) is 2. The summed E-state index contributed by atoms with van der Waals surface area (Å²) in [6, 6.07) is 4.98. The van der Waals surface area contributed by atoms with Gasteiger partial charge in [-0.1, -0.05) is 12.1 Å². The van der Waals surface area contributed by atoms with Crippen LogP contribution >= 0.6 is 0 Å². The normalized spacial score (nSPS) is 18.5. The van der Waals surface area contributed by atoms with Crippen LogP contribution in [0.3, 0.4) is 0 Å². The Hall–Kier alpha value is -1.38. The van der Waals surface area contributed by atoms with Crippen LogP contribution in [0.4, 0.5) is 4.39 Å². The van der Waals surface area contributed by atoms with E-state index in [-0.39, 0.29) is 11.4 Å². The molecule has 2 rings (SSSR count). The van der Waals surface area contributed by atoms with Crippen molar-refractivity contribution in [2.75, 3.05) is 6.61 Å². The lowest BCUT2D eigenvalue weighted by molar-refractivity contribution is 0.279. The van der Waals surface area contributed by atoms with Crippen LogP contribution < -0.4 is 0 Å². The molecule has 0 atom stereocenters. The lowest BCUT2D eigenvalue weighted by Gasteiger charge is -2.07. The number of aryl methyl sites for hydroxylation is 1. The van der Waals surface area contributed by atoms with Crippen molar-refractivity contribution < 1.29 is 9.13 Å². The van der Waals surface area contributed by atoms with E-state index in [9.17, 15) is 4.39 Å². The van der Waals surface area contributed by atoms with Gasteiger partial charge in [0.1, 0.15) is 12.4 Å². The number of aliphatic imine (C=N–C) groups is 1. The van der Waals surface area contributed by atoms with Crippen LogP contribution in [-0.2, 0) is 4.74 Å². The van der Waals surface area contributed by atoms with Gasteiger partial charge in [0.05, 0.1) is 11.1 Å². The van der Waals surface area contributed by atoms with E-state index in [2.05, 4.69) is 4.99 Å². The molecule has 0 fully saturated rings. The van der Waals surface area contributed by atoms with Crippen LogP contribution in [0.2, 0.25) is 0 Å². The molecule has 0 radical (unpaired) electrons. The number of ether oxygens (including phenoxy) is 1. The minimum atomic E-state index is -0.272. The summed E-state index contributed by atoms with van der Waals surface area (Å²) >= 11 is 0. The summed E-state index contributed by atoms with van der Waals surface area (Å²) in [5.41, 5.74) is 1.10. The molecule has 0 N–H and O–H groups in total. The van der Waals surface area contributed by atoms with E-state index >= 15 is 0 Å². The van der Waals surface area contributed by atoms with Crippen molar-refractivity contribution in [3.63, 3.8) is 0 Å². The average molecular weight is 207 g/mol. The highest BCUT2D eigenvalue weighted by Crippen LogP contribution is 2.23. The van der Waals surface area contributed by atoms with Crippen LogP contribution in [-0.4, -0.2) is 18.0 Å². The highest BCUT2D eigenvalue weighted by molar-refractivity contribution is 5.97. The molecule has 3 heteroatoms. The molecule has 80 valence electrons. The molecule has 0 aliphatic carbocycles. The van der Waals surface area contributed by atoms with Gasteiger partial charge in [-0.3, -0.25) is 0 Å². The molecular weight excluding hydrogens is 193 g/mol. The van der Waals surface area contributed by atoms with Gasteiger partial charge in [0, 0.05) is 0 Å². The molecule has 1 aliphatic rings. The third-order valence-electron chi connectivity index (χ3n) is 2.40. The maximum absolute atomic E-state index is 13.6. The van der Waals surface area contributed by atoms with E-state index < -0.39 is 0 Å². The number of benzene rings is 1. The smallest absolute Gasteiger partial charge is 0.220 e. The average Bonchev–Trinajstić information content (AvgIpc) is 2.46. The van der Waals surface area contributed by atoms with Crippen LogP contribution in [0.25, 0.3) is 0 Å². The fourth-order valence-electron chi connectivity index (χ4n) is 1.62. The van der Waals surface area contributed by atoms with Crippen molar-refractivity contribution in [3.8, 4) is 0 Å². The van der Waals surface area contributed by atoms with Crippen LogP contribution in [0.1, 0.15) is 25.0 Å². The standard InChI is InChI=1S/C12H14FNO/c1-8-5-4-6-9(13)10(8)11-14-12(2,3)7-15-11/h4-6H,7H2,1-3H3. The molecule has 0 unspecified atom stereocenters. The first kappa shape index (κ1) is 10.1. The third-order valence-corrected chi connectivity index (χ3v) is 2.40. The molecular formula is C12H14FNO. The van der Waals surface area contributed by atoms with Crippen molar-refractivity contribution >= 4 is 5.90 Å². The lowest BCUT2D eigenvalue weighted by Crippen LogP contribution is -2.17. The molecule has 0 spiro atoms. The van der Waals surface area contributed by atoms with E-state index in [0.29, 0.717) is 18.1 Å². The zero-order chi connectivity index (χ0) is 11.1. The minimum absolute atomic E-state index is 0.246. The third kappa shape index (κ3) is 1.87. The Kier molecular flexibility index (Phi) is 2.25. The Morgan fingerprint density at radius 3 is 2.67 bits per heavy atom. The van der Waals surface area contributed by atoms with Crippen molar-refractivity contribution in [2.24, 2.45) is 4.99 Å². The molecule has 2 nitrogen and oxygen atoms in total. The quantitative estimate of drug-likeness (QED) is 0.693. The van der Waals surface area contributed by atoms with E-state index in [1.807, 2.05) is 26.8 Å². The molecule has 15 heavy (non-hydrogen) atoms. The fourth-order valence-corrected chi connectivity index (χ4v) is 1.62. The second-order valence-corrected chi connectivity index (χ2v) is 4.45. The Morgan fingerprint density at radius 1 is 1.40 bits per heavy atom. The summed E-state index contributed by atoms with van der Waals surface area (Å²) in [6.45, 7) is 6.30. The van der Waals surface area contributed by atoms with Gasteiger partial charge in [0.15, 0.2) is 0 Å². The van der Waals surface area contributed by atoms with Crippen LogP contribution in [0, 0.1) is 12.7 Å². The lowest BCUT2D eigenvalue weighted by atomic mass is 10.1. The van der Waals surface area contributed by atoms with Gasteiger partial charge in [0.25, 0.3) is 0 Å². The molecule has 0 amide bonds. The molecule has 1 aromatic rings. The monoisotopic (exact) mass is 207 g/mol. The minimum Gasteiger partial charge on any atom is -0.475 e. The van der Waals surface area contributed by atoms with Crippen molar-refractivity contribution in [2.45, 2.75) is 26.3 Å². The largest absolute Gasteiger partial charge is 0.475 e. The SMILES string of the molecule is Cc1cccc(F)c1C1=NC(C)(C)CO1. The maximum atomic E-state index is 13.6. The van der Waals surface area contributed by atoms with Gasteiger partial charge < -0.3 is 4.74 Å². The van der Waals surface area contributed by atoms with Crippen molar-refractivity contribution in [1.29, 1.82) is 0 Å². The topological polar surface area (TPSA) is 21.6 Å². The second kappa shape index (κ2) is 3.33. The van der Waals surface area contributed by atoms with Gasteiger partial charge in [-0.15, -0.1) is 0 Å². The van der Waals surface area contributed by atoms with Gasteiger partial charge in [0.2, 0.25) is 5.90 Å². The predicted octanol–water partition coefficient (Wildman–Crippen LogP) is 2.69. The summed E-state index contributed by atoms with van der Waals surface area (Å²) in [5, 5.41) is 0. The highest BCUT2D eigenvalue weighted by Gasteiger charge is 2.29. The van der Waals surface area contributed by atoms with E-state index in [4.69, 9.17) is 4.74 Å². The van der Waals surface area contributed by atoms with Gasteiger partial charge >= 0.3 is 0 Å². The Labute approximate surface area is 88.8 Å². The highest BCUT2D eigenvalue weighted by atomic mass is 19.1. The maximum Gasteiger partial charge on any atom is 0.220 e. The first-order chi connectivity index (χ1) is 6.99. The summed E-state index contributed by atoms with van der Waals surface area (Å²) in [6.07, 6.45) is 0. The van der Waals surface area contributed by atoms with Crippen LogP contribution in [0.5, 0.6) is 0 Å². The molecule has 1 aromatic carbocycles.